The zero-order valence-corrected chi connectivity index (χ0v) is 7.47. The molecule has 3 heteroatoms. The fraction of sp³-hybridized carbons (Fsp3) is 0.222. The van der Waals surface area contributed by atoms with Gasteiger partial charge in [0.15, 0.2) is 4.93 Å². The minimum absolute atomic E-state index is 0.289. The molecule has 2 rings (SSSR count). The van der Waals surface area contributed by atoms with Crippen LogP contribution in [0.4, 0.5) is 0 Å². The predicted octanol–water partition coefficient (Wildman–Crippen LogP) is 1.96. The number of carbonyl (C=O) groups excluding carboxylic acids is 1. The number of ether oxygens (including phenoxy) is 1. The van der Waals surface area contributed by atoms with Crippen molar-refractivity contribution in [3.05, 3.63) is 35.4 Å². The van der Waals surface area contributed by atoms with E-state index < -0.39 is 4.93 Å². The summed E-state index contributed by atoms with van der Waals surface area (Å²) in [5, 5.41) is 0. The van der Waals surface area contributed by atoms with E-state index in [1.807, 2.05) is 18.2 Å². The van der Waals surface area contributed by atoms with E-state index in [0.29, 0.717) is 5.56 Å². The molecule has 62 valence electrons. The quantitative estimate of drug-likeness (QED) is 0.488. The average molecular weight is 180 g/mol. The molecule has 0 amide bonds. The van der Waals surface area contributed by atoms with Crippen LogP contribution in [-0.2, 0) is 9.67 Å². The molecule has 0 bridgehead atoms. The van der Waals surface area contributed by atoms with Crippen molar-refractivity contribution >= 4 is 18.6 Å². The van der Waals surface area contributed by atoms with Crippen LogP contribution in [0.15, 0.2) is 24.3 Å². The number of hydrogen-bond acceptors (Lipinski definition) is 3. The molecule has 0 aromatic heterocycles. The van der Waals surface area contributed by atoms with Crippen molar-refractivity contribution in [2.24, 2.45) is 0 Å². The number of thiol groups is 1. The molecule has 2 nitrogen and oxygen atoms in total. The third-order valence-electron chi connectivity index (χ3n) is 1.94. The lowest BCUT2D eigenvalue weighted by Gasteiger charge is -2.15. The molecular weight excluding hydrogens is 172 g/mol. The second-order valence-corrected chi connectivity index (χ2v) is 3.77. The van der Waals surface area contributed by atoms with Crippen molar-refractivity contribution in [1.82, 2.24) is 0 Å². The van der Waals surface area contributed by atoms with Crippen LogP contribution in [-0.4, -0.2) is 5.97 Å². The Kier molecular flexibility index (Phi) is 1.45. The Morgan fingerprint density at radius 1 is 1.42 bits per heavy atom. The Balaban J connectivity index is 2.66. The van der Waals surface area contributed by atoms with Crippen LogP contribution >= 0.6 is 12.6 Å². The molecule has 1 atom stereocenters. The normalized spacial score (nSPS) is 26.7. The number of carbonyl (C=O) groups is 1. The zero-order valence-electron chi connectivity index (χ0n) is 6.57. The Hall–Kier alpha value is -0.960. The molecule has 0 fully saturated rings. The molecule has 0 saturated carbocycles. The van der Waals surface area contributed by atoms with E-state index in [2.05, 4.69) is 12.6 Å². The van der Waals surface area contributed by atoms with Gasteiger partial charge < -0.3 is 4.74 Å². The standard InChI is InChI=1S/C9H8O2S/c1-9(12)7-5-3-2-4-6(7)8(10)11-9/h2-5,12H,1H3. The van der Waals surface area contributed by atoms with Gasteiger partial charge >= 0.3 is 5.97 Å². The second kappa shape index (κ2) is 2.26. The number of hydrogen-bond donors (Lipinski definition) is 1. The maximum atomic E-state index is 11.2. The first-order valence-electron chi connectivity index (χ1n) is 3.66. The van der Waals surface area contributed by atoms with Gasteiger partial charge in [-0.1, -0.05) is 18.2 Å². The largest absolute Gasteiger partial charge is 0.440 e. The highest BCUT2D eigenvalue weighted by molar-refractivity contribution is 7.81. The molecule has 1 aliphatic heterocycles. The summed E-state index contributed by atoms with van der Waals surface area (Å²) in [5.41, 5.74) is 1.47. The summed E-state index contributed by atoms with van der Waals surface area (Å²) in [6.07, 6.45) is 0. The van der Waals surface area contributed by atoms with Crippen molar-refractivity contribution in [2.45, 2.75) is 11.9 Å². The molecule has 1 aliphatic rings. The molecule has 1 unspecified atom stereocenters. The molecule has 0 N–H and O–H groups in total. The smallest absolute Gasteiger partial charge is 0.340 e. The maximum Gasteiger partial charge on any atom is 0.340 e. The van der Waals surface area contributed by atoms with Crippen LogP contribution in [0.3, 0.4) is 0 Å². The zero-order chi connectivity index (χ0) is 8.77. The molecular formula is C9H8O2S. The highest BCUT2D eigenvalue weighted by Crippen LogP contribution is 2.38. The number of benzene rings is 1. The number of esters is 1. The Morgan fingerprint density at radius 2 is 2.08 bits per heavy atom. The first-order valence-corrected chi connectivity index (χ1v) is 4.11. The van der Waals surface area contributed by atoms with Gasteiger partial charge in [-0.2, -0.15) is 0 Å². The molecule has 0 radical (unpaired) electrons. The average Bonchev–Trinajstić information content (AvgIpc) is 2.25. The van der Waals surface area contributed by atoms with Crippen LogP contribution in [0.5, 0.6) is 0 Å². The predicted molar refractivity (Wildman–Crippen MR) is 48.2 cm³/mol. The van der Waals surface area contributed by atoms with E-state index in [9.17, 15) is 4.79 Å². The summed E-state index contributed by atoms with van der Waals surface area (Å²) in [7, 11) is 0. The van der Waals surface area contributed by atoms with Gasteiger partial charge in [0.05, 0.1) is 5.56 Å². The number of rotatable bonds is 0. The third kappa shape index (κ3) is 0.932. The van der Waals surface area contributed by atoms with Crippen LogP contribution in [0, 0.1) is 0 Å². The molecule has 1 aromatic rings. The lowest BCUT2D eigenvalue weighted by Crippen LogP contribution is -2.12. The van der Waals surface area contributed by atoms with Gasteiger partial charge in [-0.05, 0) is 13.0 Å². The van der Waals surface area contributed by atoms with Crippen molar-refractivity contribution < 1.29 is 9.53 Å². The lowest BCUT2D eigenvalue weighted by molar-refractivity contribution is 0.0343. The molecule has 1 heterocycles. The molecule has 12 heavy (non-hydrogen) atoms. The topological polar surface area (TPSA) is 26.3 Å². The monoisotopic (exact) mass is 180 g/mol. The first kappa shape index (κ1) is 7.68. The van der Waals surface area contributed by atoms with Gasteiger partial charge in [0, 0.05) is 5.56 Å². The molecule has 0 spiro atoms. The Labute approximate surface area is 76.0 Å². The van der Waals surface area contributed by atoms with Crippen LogP contribution in [0.25, 0.3) is 0 Å². The summed E-state index contributed by atoms with van der Waals surface area (Å²) in [5.74, 6) is -0.289. The minimum atomic E-state index is -0.756. The van der Waals surface area contributed by atoms with E-state index >= 15 is 0 Å². The van der Waals surface area contributed by atoms with Crippen molar-refractivity contribution in [1.29, 1.82) is 0 Å². The van der Waals surface area contributed by atoms with Gasteiger partial charge in [0.2, 0.25) is 0 Å². The Morgan fingerprint density at radius 3 is 2.75 bits per heavy atom. The van der Waals surface area contributed by atoms with Crippen molar-refractivity contribution in [3.8, 4) is 0 Å². The van der Waals surface area contributed by atoms with Gasteiger partial charge in [0.1, 0.15) is 0 Å². The molecule has 0 saturated heterocycles. The molecule has 0 aliphatic carbocycles. The molecule has 1 aromatic carbocycles. The highest BCUT2D eigenvalue weighted by atomic mass is 32.1. The maximum absolute atomic E-state index is 11.2. The second-order valence-electron chi connectivity index (χ2n) is 2.92. The SMILES string of the molecule is CC1(S)OC(=O)c2ccccc21. The van der Waals surface area contributed by atoms with Gasteiger partial charge in [-0.3, -0.25) is 0 Å². The number of fused-ring (bicyclic) bond motifs is 1. The van der Waals surface area contributed by atoms with Crippen LogP contribution in [0.2, 0.25) is 0 Å². The Bertz CT molecular complexity index is 344. The fourth-order valence-electron chi connectivity index (χ4n) is 1.36. The number of cyclic esters (lactones) is 1. The van der Waals surface area contributed by atoms with E-state index in [1.165, 1.54) is 0 Å². The van der Waals surface area contributed by atoms with Crippen molar-refractivity contribution in [2.75, 3.05) is 0 Å². The minimum Gasteiger partial charge on any atom is -0.440 e. The summed E-state index contributed by atoms with van der Waals surface area (Å²) in [6.45, 7) is 1.76. The van der Waals surface area contributed by atoms with E-state index in [0.717, 1.165) is 5.56 Å². The van der Waals surface area contributed by atoms with E-state index in [4.69, 9.17) is 4.74 Å². The van der Waals surface area contributed by atoms with Crippen molar-refractivity contribution in [3.63, 3.8) is 0 Å². The third-order valence-corrected chi connectivity index (χ3v) is 2.27. The van der Waals surface area contributed by atoms with E-state index in [1.54, 1.807) is 13.0 Å². The summed E-state index contributed by atoms with van der Waals surface area (Å²) in [4.78, 5) is 10.5. The van der Waals surface area contributed by atoms with Crippen LogP contribution < -0.4 is 0 Å². The highest BCUT2D eigenvalue weighted by Gasteiger charge is 2.37. The van der Waals surface area contributed by atoms with Gasteiger partial charge in [0.25, 0.3) is 0 Å². The lowest BCUT2D eigenvalue weighted by atomic mass is 10.1. The summed E-state index contributed by atoms with van der Waals surface area (Å²) in [6, 6.07) is 7.29. The van der Waals surface area contributed by atoms with Gasteiger partial charge in [-0.25, -0.2) is 4.79 Å². The van der Waals surface area contributed by atoms with Gasteiger partial charge in [-0.15, -0.1) is 12.6 Å². The fourth-order valence-corrected chi connectivity index (χ4v) is 1.63. The summed E-state index contributed by atoms with van der Waals surface area (Å²) >= 11 is 4.24. The summed E-state index contributed by atoms with van der Waals surface area (Å²) < 4.78 is 5.04. The van der Waals surface area contributed by atoms with E-state index in [-0.39, 0.29) is 5.97 Å². The van der Waals surface area contributed by atoms with Crippen LogP contribution in [0.1, 0.15) is 22.8 Å². The first-order chi connectivity index (χ1) is 5.61.